The summed E-state index contributed by atoms with van der Waals surface area (Å²) in [6, 6.07) is 12.0. The first kappa shape index (κ1) is 18.9. The number of hydrogen-bond donors (Lipinski definition) is 1. The normalized spacial score (nSPS) is 14.2. The van der Waals surface area contributed by atoms with Crippen LogP contribution in [0.4, 0.5) is 10.1 Å². The Labute approximate surface area is 158 Å². The molecule has 1 aliphatic rings. The average molecular weight is 369 g/mol. The van der Waals surface area contributed by atoms with E-state index in [2.05, 4.69) is 10.2 Å². The monoisotopic (exact) mass is 369 g/mol. The first-order chi connectivity index (χ1) is 12.9. The Morgan fingerprint density at radius 3 is 2.15 bits per heavy atom. The van der Waals surface area contributed by atoms with E-state index in [1.54, 1.807) is 17.0 Å². The number of nitrogens with one attached hydrogen (secondary N) is 1. The molecule has 0 aliphatic carbocycles. The van der Waals surface area contributed by atoms with Gasteiger partial charge in [-0.3, -0.25) is 9.59 Å². The van der Waals surface area contributed by atoms with Crippen LogP contribution in [0.15, 0.2) is 42.5 Å². The van der Waals surface area contributed by atoms with Gasteiger partial charge in [0.05, 0.1) is 6.54 Å². The quantitative estimate of drug-likeness (QED) is 0.901. The number of hydrogen-bond acceptors (Lipinski definition) is 3. The number of rotatable bonds is 4. The topological polar surface area (TPSA) is 52.7 Å². The minimum absolute atomic E-state index is 0.0115. The van der Waals surface area contributed by atoms with Crippen molar-refractivity contribution in [1.29, 1.82) is 0 Å². The van der Waals surface area contributed by atoms with Gasteiger partial charge in [0.1, 0.15) is 5.82 Å². The SMILES string of the molecule is Cc1cc(C)cc(C(=O)NCC(=O)N2CCN(c3ccc(F)cc3)CC2)c1. The zero-order chi connectivity index (χ0) is 19.4. The highest BCUT2D eigenvalue weighted by Gasteiger charge is 2.21. The first-order valence-electron chi connectivity index (χ1n) is 9.07. The lowest BCUT2D eigenvalue weighted by atomic mass is 10.1. The van der Waals surface area contributed by atoms with E-state index in [1.807, 2.05) is 32.0 Å². The van der Waals surface area contributed by atoms with Crippen molar-refractivity contribution in [3.63, 3.8) is 0 Å². The van der Waals surface area contributed by atoms with Crippen molar-refractivity contribution in [2.45, 2.75) is 13.8 Å². The second-order valence-electron chi connectivity index (χ2n) is 6.90. The number of aryl methyl sites for hydroxylation is 2. The van der Waals surface area contributed by atoms with Crippen LogP contribution in [-0.4, -0.2) is 49.4 Å². The molecule has 1 aliphatic heterocycles. The van der Waals surface area contributed by atoms with Crippen LogP contribution in [0.3, 0.4) is 0 Å². The number of carbonyl (C=O) groups is 2. The molecule has 3 rings (SSSR count). The molecule has 1 fully saturated rings. The fourth-order valence-electron chi connectivity index (χ4n) is 3.34. The summed E-state index contributed by atoms with van der Waals surface area (Å²) < 4.78 is 13.0. The van der Waals surface area contributed by atoms with Gasteiger partial charge in [-0.2, -0.15) is 0 Å². The predicted molar refractivity (Wildman–Crippen MR) is 103 cm³/mol. The van der Waals surface area contributed by atoms with E-state index in [-0.39, 0.29) is 24.2 Å². The number of halogens is 1. The second-order valence-corrected chi connectivity index (χ2v) is 6.90. The molecule has 0 spiro atoms. The summed E-state index contributed by atoms with van der Waals surface area (Å²) in [5.41, 5.74) is 3.56. The molecule has 2 aromatic rings. The molecule has 2 amide bonds. The molecular formula is C21H24FN3O2. The molecule has 0 bridgehead atoms. The summed E-state index contributed by atoms with van der Waals surface area (Å²) in [7, 11) is 0. The van der Waals surface area contributed by atoms with Crippen molar-refractivity contribution in [3.05, 3.63) is 65.0 Å². The van der Waals surface area contributed by atoms with Gasteiger partial charge in [0.25, 0.3) is 5.91 Å². The van der Waals surface area contributed by atoms with Crippen molar-refractivity contribution in [1.82, 2.24) is 10.2 Å². The Kier molecular flexibility index (Phi) is 5.74. The largest absolute Gasteiger partial charge is 0.368 e. The highest BCUT2D eigenvalue weighted by atomic mass is 19.1. The molecule has 0 radical (unpaired) electrons. The summed E-state index contributed by atoms with van der Waals surface area (Å²) in [5.74, 6) is -0.585. The zero-order valence-electron chi connectivity index (χ0n) is 15.7. The molecule has 0 aromatic heterocycles. The van der Waals surface area contributed by atoms with Crippen LogP contribution in [-0.2, 0) is 4.79 Å². The third-order valence-corrected chi connectivity index (χ3v) is 4.71. The van der Waals surface area contributed by atoms with Gasteiger partial charge in [-0.1, -0.05) is 17.2 Å². The summed E-state index contributed by atoms with van der Waals surface area (Å²) in [4.78, 5) is 28.6. The molecule has 1 heterocycles. The van der Waals surface area contributed by atoms with Crippen molar-refractivity contribution < 1.29 is 14.0 Å². The number of piperazine rings is 1. The Morgan fingerprint density at radius 2 is 1.56 bits per heavy atom. The molecule has 0 atom stereocenters. The van der Waals surface area contributed by atoms with Crippen LogP contribution in [0.1, 0.15) is 21.5 Å². The van der Waals surface area contributed by atoms with Gasteiger partial charge in [0.15, 0.2) is 0 Å². The van der Waals surface area contributed by atoms with E-state index in [4.69, 9.17) is 0 Å². The number of anilines is 1. The molecule has 1 N–H and O–H groups in total. The van der Waals surface area contributed by atoms with E-state index in [0.717, 1.165) is 16.8 Å². The lowest BCUT2D eigenvalue weighted by molar-refractivity contribution is -0.130. The standard InChI is InChI=1S/C21H24FN3O2/c1-15-11-16(2)13-17(12-15)21(27)23-14-20(26)25-9-7-24(8-10-25)19-5-3-18(22)4-6-19/h3-6,11-13H,7-10,14H2,1-2H3,(H,23,27). The first-order valence-corrected chi connectivity index (χ1v) is 9.07. The summed E-state index contributed by atoms with van der Waals surface area (Å²) >= 11 is 0. The Hall–Kier alpha value is -2.89. The van der Waals surface area contributed by atoms with Crippen molar-refractivity contribution in [3.8, 4) is 0 Å². The number of carbonyl (C=O) groups excluding carboxylic acids is 2. The Bertz CT molecular complexity index is 808. The highest BCUT2D eigenvalue weighted by Crippen LogP contribution is 2.17. The van der Waals surface area contributed by atoms with Crippen LogP contribution in [0, 0.1) is 19.7 Å². The Balaban J connectivity index is 1.49. The van der Waals surface area contributed by atoms with Gasteiger partial charge < -0.3 is 15.1 Å². The molecule has 6 heteroatoms. The van der Waals surface area contributed by atoms with Gasteiger partial charge in [-0.15, -0.1) is 0 Å². The second kappa shape index (κ2) is 8.20. The smallest absolute Gasteiger partial charge is 0.251 e. The highest BCUT2D eigenvalue weighted by molar-refractivity contribution is 5.96. The van der Waals surface area contributed by atoms with Crippen molar-refractivity contribution in [2.75, 3.05) is 37.6 Å². The number of benzene rings is 2. The van der Waals surface area contributed by atoms with Crippen LogP contribution in [0.2, 0.25) is 0 Å². The predicted octanol–water partition coefficient (Wildman–Crippen LogP) is 2.52. The molecule has 1 saturated heterocycles. The number of amides is 2. The maximum atomic E-state index is 13.0. The molecular weight excluding hydrogens is 345 g/mol. The molecule has 0 unspecified atom stereocenters. The van der Waals surface area contributed by atoms with Gasteiger partial charge in [0.2, 0.25) is 5.91 Å². The third kappa shape index (κ3) is 4.84. The van der Waals surface area contributed by atoms with Crippen LogP contribution >= 0.6 is 0 Å². The average Bonchev–Trinajstić information content (AvgIpc) is 2.66. The molecule has 5 nitrogen and oxygen atoms in total. The van der Waals surface area contributed by atoms with Crippen molar-refractivity contribution in [2.24, 2.45) is 0 Å². The van der Waals surface area contributed by atoms with E-state index < -0.39 is 0 Å². The fraction of sp³-hybridized carbons (Fsp3) is 0.333. The number of nitrogens with zero attached hydrogens (tertiary/aromatic N) is 2. The Morgan fingerprint density at radius 1 is 0.963 bits per heavy atom. The summed E-state index contributed by atoms with van der Waals surface area (Å²) in [6.07, 6.45) is 0. The summed E-state index contributed by atoms with van der Waals surface area (Å²) in [5, 5.41) is 2.71. The van der Waals surface area contributed by atoms with E-state index in [1.165, 1.54) is 12.1 Å². The van der Waals surface area contributed by atoms with Gasteiger partial charge in [-0.05, 0) is 50.2 Å². The van der Waals surface area contributed by atoms with Crippen LogP contribution < -0.4 is 10.2 Å². The van der Waals surface area contributed by atoms with E-state index in [9.17, 15) is 14.0 Å². The minimum Gasteiger partial charge on any atom is -0.368 e. The molecule has 27 heavy (non-hydrogen) atoms. The fourth-order valence-corrected chi connectivity index (χ4v) is 3.34. The lowest BCUT2D eigenvalue weighted by Gasteiger charge is -2.36. The van der Waals surface area contributed by atoms with E-state index in [0.29, 0.717) is 31.7 Å². The maximum absolute atomic E-state index is 13.0. The van der Waals surface area contributed by atoms with Crippen molar-refractivity contribution >= 4 is 17.5 Å². The zero-order valence-corrected chi connectivity index (χ0v) is 15.7. The third-order valence-electron chi connectivity index (χ3n) is 4.71. The van der Waals surface area contributed by atoms with Crippen LogP contribution in [0.25, 0.3) is 0 Å². The minimum atomic E-state index is -0.257. The van der Waals surface area contributed by atoms with Crippen LogP contribution in [0.5, 0.6) is 0 Å². The molecule has 2 aromatic carbocycles. The molecule has 142 valence electrons. The lowest BCUT2D eigenvalue weighted by Crippen LogP contribution is -2.51. The van der Waals surface area contributed by atoms with E-state index >= 15 is 0 Å². The maximum Gasteiger partial charge on any atom is 0.251 e. The van der Waals surface area contributed by atoms with Gasteiger partial charge in [-0.25, -0.2) is 4.39 Å². The van der Waals surface area contributed by atoms with Gasteiger partial charge in [0, 0.05) is 37.4 Å². The molecule has 0 saturated carbocycles. The summed E-state index contributed by atoms with van der Waals surface area (Å²) in [6.45, 7) is 6.39. The van der Waals surface area contributed by atoms with Gasteiger partial charge >= 0.3 is 0 Å².